The molecule has 0 saturated heterocycles. The molecule has 0 rings (SSSR count). The molecular weight excluding hydrogens is 176 g/mol. The van der Waals surface area contributed by atoms with E-state index in [-0.39, 0.29) is 6.42 Å². The number of aliphatic hydroxyl groups excluding tert-OH is 1. The highest BCUT2D eigenvalue weighted by Crippen LogP contribution is 2.14. The molecule has 13 heavy (non-hydrogen) atoms. The Labute approximate surface area is 76.0 Å². The topological polar surface area (TPSA) is 94.8 Å². The SMILES string of the molecule is CCC(O)C(=O)[C@](C)(O)CC(=O)O. The fourth-order valence-electron chi connectivity index (χ4n) is 0.926. The first-order valence-corrected chi connectivity index (χ1v) is 3.97. The Hall–Kier alpha value is -0.940. The first-order valence-electron chi connectivity index (χ1n) is 3.97. The Morgan fingerprint density at radius 3 is 2.23 bits per heavy atom. The average molecular weight is 190 g/mol. The van der Waals surface area contributed by atoms with Crippen LogP contribution in [-0.4, -0.2) is 38.8 Å². The quantitative estimate of drug-likeness (QED) is 0.546. The van der Waals surface area contributed by atoms with Crippen LogP contribution < -0.4 is 0 Å². The maximum Gasteiger partial charge on any atom is 0.306 e. The monoisotopic (exact) mass is 190 g/mol. The summed E-state index contributed by atoms with van der Waals surface area (Å²) in [5.74, 6) is -2.13. The van der Waals surface area contributed by atoms with Crippen molar-refractivity contribution in [3.8, 4) is 0 Å². The highest BCUT2D eigenvalue weighted by molar-refractivity contribution is 5.93. The van der Waals surface area contributed by atoms with Gasteiger partial charge in [-0.3, -0.25) is 9.59 Å². The summed E-state index contributed by atoms with van der Waals surface area (Å²) in [6.07, 6.45) is -1.83. The summed E-state index contributed by atoms with van der Waals surface area (Å²) in [6.45, 7) is 2.65. The van der Waals surface area contributed by atoms with E-state index in [0.29, 0.717) is 0 Å². The van der Waals surface area contributed by atoms with Gasteiger partial charge in [0.25, 0.3) is 0 Å². The lowest BCUT2D eigenvalue weighted by Gasteiger charge is -2.21. The number of carboxylic acid groups (broad SMARTS) is 1. The molecule has 0 bridgehead atoms. The molecule has 76 valence electrons. The maximum atomic E-state index is 11.2. The van der Waals surface area contributed by atoms with Gasteiger partial charge in [0.15, 0.2) is 5.78 Å². The number of ketones is 1. The second-order valence-electron chi connectivity index (χ2n) is 3.13. The Bertz CT molecular complexity index is 209. The molecule has 5 heteroatoms. The van der Waals surface area contributed by atoms with Gasteiger partial charge in [0, 0.05) is 0 Å². The third-order valence-corrected chi connectivity index (χ3v) is 1.72. The number of carboxylic acids is 1. The Morgan fingerprint density at radius 2 is 1.92 bits per heavy atom. The number of rotatable bonds is 5. The van der Waals surface area contributed by atoms with Crippen LogP contribution in [-0.2, 0) is 9.59 Å². The van der Waals surface area contributed by atoms with E-state index >= 15 is 0 Å². The zero-order valence-corrected chi connectivity index (χ0v) is 7.65. The molecule has 0 aliphatic carbocycles. The summed E-state index contributed by atoms with van der Waals surface area (Å²) < 4.78 is 0. The molecule has 0 aromatic rings. The molecule has 1 unspecified atom stereocenters. The average Bonchev–Trinajstić information content (AvgIpc) is 1.99. The summed E-state index contributed by atoms with van der Waals surface area (Å²) in [6, 6.07) is 0. The molecule has 0 aliphatic rings. The third kappa shape index (κ3) is 3.52. The molecule has 0 heterocycles. The zero-order chi connectivity index (χ0) is 10.6. The van der Waals surface area contributed by atoms with Crippen LogP contribution in [0.15, 0.2) is 0 Å². The fourth-order valence-corrected chi connectivity index (χ4v) is 0.926. The Balaban J connectivity index is 4.44. The van der Waals surface area contributed by atoms with Crippen LogP contribution in [0.25, 0.3) is 0 Å². The van der Waals surface area contributed by atoms with Gasteiger partial charge in [-0.05, 0) is 13.3 Å². The summed E-state index contributed by atoms with van der Waals surface area (Å²) in [5, 5.41) is 26.8. The highest BCUT2D eigenvalue weighted by atomic mass is 16.4. The van der Waals surface area contributed by atoms with E-state index in [1.54, 1.807) is 6.92 Å². The predicted octanol–water partition coefficient (Wildman–Crippen LogP) is -0.448. The minimum absolute atomic E-state index is 0.161. The Morgan fingerprint density at radius 1 is 1.46 bits per heavy atom. The number of carbonyl (C=O) groups is 2. The van der Waals surface area contributed by atoms with Crippen molar-refractivity contribution in [1.82, 2.24) is 0 Å². The van der Waals surface area contributed by atoms with Crippen LogP contribution in [0.4, 0.5) is 0 Å². The van der Waals surface area contributed by atoms with Crippen molar-refractivity contribution in [1.29, 1.82) is 0 Å². The van der Waals surface area contributed by atoms with Crippen molar-refractivity contribution in [2.24, 2.45) is 0 Å². The molecule has 0 amide bonds. The normalized spacial score (nSPS) is 17.5. The maximum absolute atomic E-state index is 11.2. The minimum atomic E-state index is -1.98. The molecule has 0 fully saturated rings. The second kappa shape index (κ2) is 4.34. The van der Waals surface area contributed by atoms with Crippen molar-refractivity contribution in [2.45, 2.75) is 38.4 Å². The number of aliphatic carboxylic acids is 1. The first kappa shape index (κ1) is 12.1. The predicted molar refractivity (Wildman–Crippen MR) is 44.2 cm³/mol. The third-order valence-electron chi connectivity index (χ3n) is 1.72. The van der Waals surface area contributed by atoms with E-state index in [9.17, 15) is 14.7 Å². The second-order valence-corrected chi connectivity index (χ2v) is 3.13. The summed E-state index contributed by atoms with van der Waals surface area (Å²) in [5.41, 5.74) is -1.98. The van der Waals surface area contributed by atoms with Crippen molar-refractivity contribution in [3.05, 3.63) is 0 Å². The molecule has 2 atom stereocenters. The van der Waals surface area contributed by atoms with E-state index < -0.39 is 29.9 Å². The number of carbonyl (C=O) groups excluding carboxylic acids is 1. The number of Topliss-reactive ketones (excluding diaryl/α,β-unsaturated/α-hetero) is 1. The van der Waals surface area contributed by atoms with Gasteiger partial charge in [0.1, 0.15) is 11.7 Å². The van der Waals surface area contributed by atoms with Gasteiger partial charge in [-0.1, -0.05) is 6.92 Å². The standard InChI is InChI=1S/C8H14O5/c1-3-5(9)7(12)8(2,13)4-6(10)11/h5,9,13H,3-4H2,1-2H3,(H,10,11)/t5?,8-/m1/s1. The summed E-state index contributed by atoms with van der Waals surface area (Å²) >= 11 is 0. The van der Waals surface area contributed by atoms with Gasteiger partial charge in [0.2, 0.25) is 0 Å². The van der Waals surface area contributed by atoms with Gasteiger partial charge in [-0.25, -0.2) is 0 Å². The van der Waals surface area contributed by atoms with Crippen LogP contribution in [0, 0.1) is 0 Å². The fraction of sp³-hybridized carbons (Fsp3) is 0.750. The van der Waals surface area contributed by atoms with Crippen LogP contribution >= 0.6 is 0 Å². The largest absolute Gasteiger partial charge is 0.481 e. The summed E-state index contributed by atoms with van der Waals surface area (Å²) in [4.78, 5) is 21.4. The highest BCUT2D eigenvalue weighted by Gasteiger charge is 2.36. The molecule has 0 radical (unpaired) electrons. The molecule has 3 N–H and O–H groups in total. The van der Waals surface area contributed by atoms with E-state index in [4.69, 9.17) is 10.2 Å². The van der Waals surface area contributed by atoms with Gasteiger partial charge >= 0.3 is 5.97 Å². The van der Waals surface area contributed by atoms with Crippen LogP contribution in [0.5, 0.6) is 0 Å². The smallest absolute Gasteiger partial charge is 0.306 e. The van der Waals surface area contributed by atoms with E-state index in [1.165, 1.54) is 0 Å². The first-order chi connectivity index (χ1) is 5.81. The molecule has 0 aliphatic heterocycles. The molecule has 0 aromatic carbocycles. The van der Waals surface area contributed by atoms with Crippen LogP contribution in [0.2, 0.25) is 0 Å². The van der Waals surface area contributed by atoms with Gasteiger partial charge in [0.05, 0.1) is 6.42 Å². The lowest BCUT2D eigenvalue weighted by Crippen LogP contribution is -2.43. The van der Waals surface area contributed by atoms with E-state index in [0.717, 1.165) is 6.92 Å². The van der Waals surface area contributed by atoms with Gasteiger partial charge in [-0.2, -0.15) is 0 Å². The molecule has 0 spiro atoms. The molecule has 0 aromatic heterocycles. The molecular formula is C8H14O5. The van der Waals surface area contributed by atoms with Crippen LogP contribution in [0.3, 0.4) is 0 Å². The Kier molecular flexibility index (Phi) is 4.03. The number of hydrogen-bond donors (Lipinski definition) is 3. The molecule has 0 saturated carbocycles. The van der Waals surface area contributed by atoms with Crippen molar-refractivity contribution in [3.63, 3.8) is 0 Å². The number of hydrogen-bond acceptors (Lipinski definition) is 4. The van der Waals surface area contributed by atoms with Crippen molar-refractivity contribution >= 4 is 11.8 Å². The van der Waals surface area contributed by atoms with Crippen molar-refractivity contribution < 1.29 is 24.9 Å². The zero-order valence-electron chi connectivity index (χ0n) is 7.65. The van der Waals surface area contributed by atoms with Crippen LogP contribution in [0.1, 0.15) is 26.7 Å². The van der Waals surface area contributed by atoms with E-state index in [2.05, 4.69) is 0 Å². The van der Waals surface area contributed by atoms with Gasteiger partial charge in [-0.15, -0.1) is 0 Å². The summed E-state index contributed by atoms with van der Waals surface area (Å²) in [7, 11) is 0. The van der Waals surface area contributed by atoms with Gasteiger partial charge < -0.3 is 15.3 Å². The minimum Gasteiger partial charge on any atom is -0.481 e. The lowest BCUT2D eigenvalue weighted by atomic mass is 9.92. The van der Waals surface area contributed by atoms with E-state index in [1.807, 2.05) is 0 Å². The van der Waals surface area contributed by atoms with Crippen molar-refractivity contribution in [2.75, 3.05) is 0 Å². The lowest BCUT2D eigenvalue weighted by molar-refractivity contribution is -0.154. The molecule has 5 nitrogen and oxygen atoms in total. The number of aliphatic hydroxyl groups is 2.